The first-order valence-corrected chi connectivity index (χ1v) is 22.8. The molecule has 2 aliphatic carbocycles. The van der Waals surface area contributed by atoms with E-state index in [4.69, 9.17) is 9.15 Å². The topological polar surface area (TPSA) is 171 Å². The zero-order valence-corrected chi connectivity index (χ0v) is 36.0. The minimum atomic E-state index is -2.85. The third-order valence-corrected chi connectivity index (χ3v) is 14.8. The van der Waals surface area contributed by atoms with Crippen LogP contribution in [0.3, 0.4) is 0 Å². The molecule has 4 aromatic rings. The van der Waals surface area contributed by atoms with Crippen molar-refractivity contribution in [1.82, 2.24) is 24.9 Å². The molecule has 2 atom stereocenters. The molecular weight excluding hydrogens is 827 g/mol. The minimum absolute atomic E-state index is 0.0116. The molecule has 5 amide bonds. The Morgan fingerprint density at radius 3 is 2.48 bits per heavy atom. The molecule has 5 fully saturated rings. The molecular formula is C47H54F2N8O7. The lowest BCUT2D eigenvalue weighted by atomic mass is 9.57. The molecule has 10 rings (SSSR count). The van der Waals surface area contributed by atoms with Gasteiger partial charge in [0.15, 0.2) is 11.6 Å². The third kappa shape index (κ3) is 7.94. The number of alkyl halides is 2. The summed E-state index contributed by atoms with van der Waals surface area (Å²) in [5.41, 5.74) is 1.72. The number of nitrogens with one attached hydrogen (secondary N) is 3. The second-order valence-corrected chi connectivity index (χ2v) is 18.9. The van der Waals surface area contributed by atoms with Gasteiger partial charge in [-0.25, -0.2) is 8.78 Å². The second kappa shape index (κ2) is 17.0. The van der Waals surface area contributed by atoms with Crippen molar-refractivity contribution in [1.29, 1.82) is 0 Å². The van der Waals surface area contributed by atoms with Crippen molar-refractivity contribution < 1.29 is 41.9 Å². The van der Waals surface area contributed by atoms with Crippen molar-refractivity contribution in [2.45, 2.75) is 95.7 Å². The van der Waals surface area contributed by atoms with E-state index in [1.165, 1.54) is 0 Å². The summed E-state index contributed by atoms with van der Waals surface area (Å²) in [6.45, 7) is 7.65. The number of morpholine rings is 1. The molecule has 338 valence electrons. The number of para-hydroxylation sites is 1. The molecule has 0 bridgehead atoms. The lowest BCUT2D eigenvalue weighted by Gasteiger charge is -2.53. The fourth-order valence-corrected chi connectivity index (χ4v) is 11.3. The van der Waals surface area contributed by atoms with Crippen LogP contribution in [-0.4, -0.2) is 107 Å². The Kier molecular flexibility index (Phi) is 11.3. The predicted octanol–water partition coefficient (Wildman–Crippen LogP) is 6.78. The van der Waals surface area contributed by atoms with Gasteiger partial charge in [-0.3, -0.25) is 38.9 Å². The highest BCUT2D eigenvalue weighted by Crippen LogP contribution is 2.53. The number of furan rings is 1. The first-order valence-electron chi connectivity index (χ1n) is 22.8. The Hall–Kier alpha value is -5.68. The van der Waals surface area contributed by atoms with Crippen molar-refractivity contribution >= 4 is 57.8 Å². The number of amides is 5. The summed E-state index contributed by atoms with van der Waals surface area (Å²) in [6.07, 6.45) is 6.96. The monoisotopic (exact) mass is 880 g/mol. The van der Waals surface area contributed by atoms with Crippen LogP contribution in [0.25, 0.3) is 11.0 Å². The molecule has 15 nitrogen and oxygen atoms in total. The number of halogens is 2. The molecule has 1 spiro atoms. The number of rotatable bonds is 11. The summed E-state index contributed by atoms with van der Waals surface area (Å²) >= 11 is 0. The zero-order valence-electron chi connectivity index (χ0n) is 36.0. The first kappa shape index (κ1) is 42.3. The van der Waals surface area contributed by atoms with E-state index in [1.54, 1.807) is 41.2 Å². The van der Waals surface area contributed by atoms with Crippen LogP contribution in [0.1, 0.15) is 120 Å². The van der Waals surface area contributed by atoms with E-state index in [9.17, 15) is 32.8 Å². The Morgan fingerprint density at radius 2 is 1.73 bits per heavy atom. The fourth-order valence-electron chi connectivity index (χ4n) is 11.3. The SMILES string of the molecule is C[C@@H]1COCCN1c1cc2cccc(C(=O)Nc3cn([C@H]4CC[C@H](CN5CCC6(CC5)CC(CNc5cccc7c5C(=O)N(C5CCC(=O)NC5=O)C7=O)C6)CC4)nc3C(F)F)c2o1. The largest absolute Gasteiger partial charge is 0.440 e. The molecule has 4 aliphatic heterocycles. The number of benzene rings is 2. The van der Waals surface area contributed by atoms with Crippen LogP contribution in [-0.2, 0) is 14.3 Å². The molecule has 2 aromatic carbocycles. The molecule has 17 heteroatoms. The second-order valence-electron chi connectivity index (χ2n) is 18.9. The number of aromatic nitrogens is 2. The number of piperidine rings is 2. The van der Waals surface area contributed by atoms with Gasteiger partial charge >= 0.3 is 0 Å². The van der Waals surface area contributed by atoms with Gasteiger partial charge in [0, 0.05) is 49.4 Å². The van der Waals surface area contributed by atoms with Crippen LogP contribution in [0.15, 0.2) is 53.1 Å². The van der Waals surface area contributed by atoms with E-state index in [0.717, 1.165) is 81.3 Å². The Bertz CT molecular complexity index is 2480. The highest BCUT2D eigenvalue weighted by Gasteiger charge is 2.48. The minimum Gasteiger partial charge on any atom is -0.440 e. The molecule has 0 radical (unpaired) electrons. The number of imide groups is 2. The number of carbonyl (C=O) groups is 5. The van der Waals surface area contributed by atoms with E-state index in [-0.39, 0.29) is 47.3 Å². The maximum absolute atomic E-state index is 14.3. The van der Waals surface area contributed by atoms with Gasteiger partial charge in [-0.05, 0) is 113 Å². The van der Waals surface area contributed by atoms with Gasteiger partial charge in [-0.15, -0.1) is 0 Å². The first-order chi connectivity index (χ1) is 30.9. The lowest BCUT2D eigenvalue weighted by molar-refractivity contribution is -0.136. The smallest absolute Gasteiger partial charge is 0.284 e. The van der Waals surface area contributed by atoms with Crippen molar-refractivity contribution in [3.63, 3.8) is 0 Å². The highest BCUT2D eigenvalue weighted by atomic mass is 19.3. The summed E-state index contributed by atoms with van der Waals surface area (Å²) in [5.74, 6) is -0.965. The molecule has 6 heterocycles. The molecule has 3 saturated heterocycles. The van der Waals surface area contributed by atoms with Gasteiger partial charge in [-0.1, -0.05) is 18.2 Å². The molecule has 2 saturated carbocycles. The third-order valence-electron chi connectivity index (χ3n) is 14.8. The summed E-state index contributed by atoms with van der Waals surface area (Å²) in [4.78, 5) is 70.3. The van der Waals surface area contributed by atoms with Crippen LogP contribution in [0, 0.1) is 17.3 Å². The van der Waals surface area contributed by atoms with Crippen molar-refractivity contribution in [3.05, 3.63) is 71.0 Å². The van der Waals surface area contributed by atoms with Crippen LogP contribution >= 0.6 is 0 Å². The normalized spacial score (nSPS) is 25.2. The van der Waals surface area contributed by atoms with E-state index in [1.807, 2.05) is 19.1 Å². The lowest BCUT2D eigenvalue weighted by Crippen LogP contribution is -2.54. The summed E-state index contributed by atoms with van der Waals surface area (Å²) in [5, 5.41) is 13.5. The predicted molar refractivity (Wildman–Crippen MR) is 232 cm³/mol. The maximum atomic E-state index is 14.3. The Morgan fingerprint density at radius 1 is 0.953 bits per heavy atom. The number of hydrogen-bond donors (Lipinski definition) is 3. The van der Waals surface area contributed by atoms with Crippen LogP contribution in [0.4, 0.5) is 26.0 Å². The van der Waals surface area contributed by atoms with Crippen LogP contribution in [0.2, 0.25) is 0 Å². The van der Waals surface area contributed by atoms with Gasteiger partial charge in [-0.2, -0.15) is 5.10 Å². The molecule has 1 unspecified atom stereocenters. The standard InChI is InChI=1S/C47H54F2N8O7/c1-27-26-63-19-18-55(27)38-20-30-4-2-6-33(41(30)64-38)43(59)51-35-25-56(53-40(35)42(48)49)31-10-8-28(9-11-31)24-54-16-14-47(15-17-54)21-29(22-47)23-50-34-7-3-5-32-39(34)46(62)57(45(32)61)36-12-13-37(58)52-44(36)60/h2-7,20,25,27-29,31,36,42,50H,8-19,21-24,26H2,1H3,(H,51,59)(H,52,58,60)/t27-,28-,31-,36?/m1/s1. The van der Waals surface area contributed by atoms with E-state index < -0.39 is 47.7 Å². The molecule has 6 aliphatic rings. The summed E-state index contributed by atoms with van der Waals surface area (Å²) in [7, 11) is 0. The average Bonchev–Trinajstić information content (AvgIpc) is 3.97. The van der Waals surface area contributed by atoms with Gasteiger partial charge in [0.2, 0.25) is 11.8 Å². The van der Waals surface area contributed by atoms with Gasteiger partial charge in [0.25, 0.3) is 24.1 Å². The van der Waals surface area contributed by atoms with Gasteiger partial charge in [0.05, 0.1) is 47.7 Å². The Labute approximate surface area is 369 Å². The van der Waals surface area contributed by atoms with E-state index in [2.05, 4.69) is 30.8 Å². The van der Waals surface area contributed by atoms with Gasteiger partial charge in [0.1, 0.15) is 11.6 Å². The number of anilines is 3. The maximum Gasteiger partial charge on any atom is 0.284 e. The molecule has 2 aromatic heterocycles. The fraction of sp³-hybridized carbons (Fsp3) is 0.532. The molecule has 64 heavy (non-hydrogen) atoms. The van der Waals surface area contributed by atoms with Crippen LogP contribution < -0.4 is 20.9 Å². The average molecular weight is 881 g/mol. The zero-order chi connectivity index (χ0) is 44.3. The number of ether oxygens (including phenoxy) is 1. The quantitative estimate of drug-likeness (QED) is 0.136. The van der Waals surface area contributed by atoms with Crippen molar-refractivity contribution in [2.24, 2.45) is 17.3 Å². The Balaban J connectivity index is 0.688. The number of hydrogen-bond acceptors (Lipinski definition) is 11. The van der Waals surface area contributed by atoms with E-state index in [0.29, 0.717) is 60.7 Å². The van der Waals surface area contributed by atoms with E-state index >= 15 is 0 Å². The van der Waals surface area contributed by atoms with Crippen molar-refractivity contribution in [3.8, 4) is 0 Å². The highest BCUT2D eigenvalue weighted by molar-refractivity contribution is 6.25. The number of fused-ring (bicyclic) bond motifs is 2. The number of carbonyl (C=O) groups excluding carboxylic acids is 5. The molecule has 3 N–H and O–H groups in total. The van der Waals surface area contributed by atoms with Crippen LogP contribution in [0.5, 0.6) is 0 Å². The number of nitrogens with zero attached hydrogens (tertiary/aromatic N) is 5. The number of likely N-dealkylation sites (tertiary alicyclic amines) is 1. The van der Waals surface area contributed by atoms with Gasteiger partial charge < -0.3 is 29.6 Å². The summed E-state index contributed by atoms with van der Waals surface area (Å²) < 4.78 is 42.1. The van der Waals surface area contributed by atoms with Crippen molar-refractivity contribution in [2.75, 3.05) is 61.5 Å². The summed E-state index contributed by atoms with van der Waals surface area (Å²) in [6, 6.07) is 11.4.